The number of hydrogen-bond acceptors (Lipinski definition) is 7. The molecule has 1 aromatic rings. The molecule has 9 heteroatoms. The molecule has 1 saturated heterocycles. The minimum absolute atomic E-state index is 0.00179. The van der Waals surface area contributed by atoms with Crippen molar-refractivity contribution in [3.8, 4) is 6.07 Å². The van der Waals surface area contributed by atoms with E-state index in [1.165, 1.54) is 38.3 Å². The Morgan fingerprint density at radius 1 is 1.39 bits per heavy atom. The van der Waals surface area contributed by atoms with Gasteiger partial charge >= 0.3 is 0 Å². The van der Waals surface area contributed by atoms with Crippen LogP contribution in [0.1, 0.15) is 39.0 Å². The molecule has 3 rings (SSSR count). The largest absolute Gasteiger partial charge is 0.386 e. The average Bonchev–Trinajstić information content (AvgIpc) is 3.20. The molecule has 3 heterocycles. The third-order valence-corrected chi connectivity index (χ3v) is 9.05. The number of halogens is 1. The summed E-state index contributed by atoms with van der Waals surface area (Å²) in [4.78, 5) is 8.63. The number of nitriles is 1. The van der Waals surface area contributed by atoms with E-state index in [2.05, 4.69) is 16.6 Å². The van der Waals surface area contributed by atoms with E-state index in [4.69, 9.17) is 15.7 Å². The number of ether oxygens (including phenoxy) is 1. The molecule has 2 atom stereocenters. The summed E-state index contributed by atoms with van der Waals surface area (Å²) in [5.41, 5.74) is 6.83. The van der Waals surface area contributed by atoms with Gasteiger partial charge in [-0.3, -0.25) is 9.98 Å². The Hall–Kier alpha value is -3.09. The predicted molar refractivity (Wildman–Crippen MR) is 127 cm³/mol. The average molecular weight is 471 g/mol. The van der Waals surface area contributed by atoms with Gasteiger partial charge in [0.1, 0.15) is 33.3 Å². The van der Waals surface area contributed by atoms with Crippen molar-refractivity contribution in [3.05, 3.63) is 71.1 Å². The van der Waals surface area contributed by atoms with Gasteiger partial charge < -0.3 is 10.5 Å². The molecule has 0 aromatic carbocycles. The first-order valence-corrected chi connectivity index (χ1v) is 11.9. The van der Waals surface area contributed by atoms with Crippen LogP contribution < -0.4 is 5.73 Å². The Labute approximate surface area is 193 Å². The van der Waals surface area contributed by atoms with Crippen molar-refractivity contribution in [1.82, 2.24) is 4.98 Å². The first-order valence-electron chi connectivity index (χ1n) is 10.4. The van der Waals surface area contributed by atoms with Gasteiger partial charge in [-0.2, -0.15) is 5.26 Å². The van der Waals surface area contributed by atoms with Crippen molar-refractivity contribution >= 4 is 21.5 Å². The van der Waals surface area contributed by atoms with Gasteiger partial charge in [0, 0.05) is 6.20 Å². The van der Waals surface area contributed by atoms with E-state index in [1.54, 1.807) is 26.0 Å². The van der Waals surface area contributed by atoms with Crippen molar-refractivity contribution < 1.29 is 17.5 Å². The molecule has 7 nitrogen and oxygen atoms in total. The van der Waals surface area contributed by atoms with Crippen LogP contribution in [-0.4, -0.2) is 48.0 Å². The zero-order chi connectivity index (χ0) is 24.6. The van der Waals surface area contributed by atoms with E-state index in [9.17, 15) is 12.8 Å². The van der Waals surface area contributed by atoms with Gasteiger partial charge in [-0.15, -0.1) is 0 Å². The van der Waals surface area contributed by atoms with Crippen LogP contribution in [0, 0.1) is 11.3 Å². The molecule has 1 fully saturated rings. The zero-order valence-electron chi connectivity index (χ0n) is 19.1. The lowest BCUT2D eigenvalue weighted by molar-refractivity contribution is 0.185. The summed E-state index contributed by atoms with van der Waals surface area (Å²) in [6.45, 7) is 10.6. The molecule has 0 radical (unpaired) electrons. The number of aliphatic imine (C=N–C) groups is 1. The highest BCUT2D eigenvalue weighted by atomic mass is 32.2. The zero-order valence-corrected chi connectivity index (χ0v) is 19.9. The molecule has 2 aliphatic rings. The molecule has 2 N–H and O–H groups in total. The minimum Gasteiger partial charge on any atom is -0.386 e. The van der Waals surface area contributed by atoms with Gasteiger partial charge in [-0.05, 0) is 63.1 Å². The van der Waals surface area contributed by atoms with Gasteiger partial charge in [0.15, 0.2) is 9.84 Å². The standard InChI is InChI=1S/C24H27FN4O3S/c1-6-16(10-19(25)20-8-7-17(11-26)12-28-20)9-18(15(2)3)24-14-32-13-21(24)33(30,31)23(4,5)22(27)29-24/h6-10,12,21H,2,13-14H2,1,3-5H3,(H2,27,29)/b16-6+,18-9+,19-10-/t21-,24-/m1/s1. The summed E-state index contributed by atoms with van der Waals surface area (Å²) in [6, 6.07) is 4.83. The first kappa shape index (κ1) is 24.6. The van der Waals surface area contributed by atoms with E-state index in [0.29, 0.717) is 22.3 Å². The molecule has 0 bridgehead atoms. The molecule has 0 aliphatic carbocycles. The molecular weight excluding hydrogens is 443 g/mol. The number of nitrogens with two attached hydrogens (primary N) is 1. The van der Waals surface area contributed by atoms with Crippen LogP contribution in [0.3, 0.4) is 0 Å². The quantitative estimate of drug-likeness (QED) is 0.659. The van der Waals surface area contributed by atoms with Crippen molar-refractivity contribution in [2.75, 3.05) is 13.2 Å². The number of nitrogens with zero attached hydrogens (tertiary/aromatic N) is 3. The summed E-state index contributed by atoms with van der Waals surface area (Å²) in [5.74, 6) is -0.607. The molecule has 33 heavy (non-hydrogen) atoms. The lowest BCUT2D eigenvalue weighted by Crippen LogP contribution is -2.62. The SMILES string of the molecule is C=C(C)\C(=C/C(/C=C(\F)c1ccc(C#N)cn1)=C\C)[C@]12COC[C@H]1S(=O)(=O)C(C)(C)C(N)=N2. The predicted octanol–water partition coefficient (Wildman–Crippen LogP) is 3.41. The Kier molecular flexibility index (Phi) is 6.46. The summed E-state index contributed by atoms with van der Waals surface area (Å²) in [6.07, 6.45) is 5.92. The molecule has 2 aliphatic heterocycles. The maximum atomic E-state index is 14.9. The summed E-state index contributed by atoms with van der Waals surface area (Å²) >= 11 is 0. The van der Waals surface area contributed by atoms with Crippen LogP contribution in [0.25, 0.3) is 5.83 Å². The lowest BCUT2D eigenvalue weighted by atomic mass is 9.83. The van der Waals surface area contributed by atoms with E-state index in [1.807, 2.05) is 6.07 Å². The number of allylic oxidation sites excluding steroid dienone is 4. The van der Waals surface area contributed by atoms with Gasteiger partial charge in [0.05, 0.1) is 24.5 Å². The molecule has 0 saturated carbocycles. The molecule has 0 spiro atoms. The molecular formula is C24H27FN4O3S. The van der Waals surface area contributed by atoms with E-state index in [0.717, 1.165) is 0 Å². The number of aromatic nitrogens is 1. The van der Waals surface area contributed by atoms with Gasteiger partial charge in [0.25, 0.3) is 0 Å². The number of rotatable bonds is 5. The normalized spacial score (nSPS) is 26.8. The number of fused-ring (bicyclic) bond motifs is 1. The molecule has 1 aromatic heterocycles. The van der Waals surface area contributed by atoms with Crippen LogP contribution in [0.2, 0.25) is 0 Å². The molecule has 0 unspecified atom stereocenters. The van der Waals surface area contributed by atoms with Crippen molar-refractivity contribution in [2.45, 2.75) is 43.2 Å². The smallest absolute Gasteiger partial charge is 0.170 e. The van der Waals surface area contributed by atoms with Gasteiger partial charge in [-0.25, -0.2) is 12.8 Å². The topological polar surface area (TPSA) is 118 Å². The number of pyridine rings is 1. The highest BCUT2D eigenvalue weighted by Crippen LogP contribution is 2.46. The van der Waals surface area contributed by atoms with Crippen molar-refractivity contribution in [2.24, 2.45) is 10.7 Å². The second-order valence-corrected chi connectivity index (χ2v) is 11.3. The highest BCUT2D eigenvalue weighted by Gasteiger charge is 2.62. The molecule has 174 valence electrons. The number of amidine groups is 1. The second kappa shape index (κ2) is 8.69. The van der Waals surface area contributed by atoms with Crippen LogP contribution >= 0.6 is 0 Å². The molecule has 0 amide bonds. The minimum atomic E-state index is -3.75. The highest BCUT2D eigenvalue weighted by molar-refractivity contribution is 7.94. The third-order valence-electron chi connectivity index (χ3n) is 6.15. The lowest BCUT2D eigenvalue weighted by Gasteiger charge is -2.42. The van der Waals surface area contributed by atoms with E-state index < -0.39 is 31.2 Å². The Morgan fingerprint density at radius 2 is 2.09 bits per heavy atom. The van der Waals surface area contributed by atoms with E-state index >= 15 is 0 Å². The van der Waals surface area contributed by atoms with E-state index in [-0.39, 0.29) is 24.7 Å². The van der Waals surface area contributed by atoms with Crippen LogP contribution in [-0.2, 0) is 14.6 Å². The fourth-order valence-electron chi connectivity index (χ4n) is 3.98. The van der Waals surface area contributed by atoms with Crippen LogP contribution in [0.4, 0.5) is 4.39 Å². The number of hydrogen-bond donors (Lipinski definition) is 1. The maximum absolute atomic E-state index is 14.9. The van der Waals surface area contributed by atoms with Crippen LogP contribution in [0.15, 0.2) is 64.8 Å². The fourth-order valence-corrected chi connectivity index (χ4v) is 6.06. The van der Waals surface area contributed by atoms with Crippen molar-refractivity contribution in [3.63, 3.8) is 0 Å². The third kappa shape index (κ3) is 4.05. The Balaban J connectivity index is 2.13. The first-order chi connectivity index (χ1) is 15.4. The Bertz CT molecular complexity index is 1250. The van der Waals surface area contributed by atoms with Crippen molar-refractivity contribution in [1.29, 1.82) is 5.26 Å². The van der Waals surface area contributed by atoms with Crippen LogP contribution in [0.5, 0.6) is 0 Å². The summed E-state index contributed by atoms with van der Waals surface area (Å²) in [7, 11) is -3.75. The Morgan fingerprint density at radius 3 is 2.64 bits per heavy atom. The second-order valence-electron chi connectivity index (χ2n) is 8.64. The summed E-state index contributed by atoms with van der Waals surface area (Å²) in [5, 5.41) is 7.95. The monoisotopic (exact) mass is 470 g/mol. The van der Waals surface area contributed by atoms with Gasteiger partial charge in [-0.1, -0.05) is 18.2 Å². The summed E-state index contributed by atoms with van der Waals surface area (Å²) < 4.78 is 46.0. The van der Waals surface area contributed by atoms with Gasteiger partial charge in [0.2, 0.25) is 0 Å². The maximum Gasteiger partial charge on any atom is 0.170 e. The number of sulfone groups is 1. The fraction of sp³-hybridized carbons (Fsp3) is 0.375.